The van der Waals surface area contributed by atoms with Crippen molar-refractivity contribution in [3.63, 3.8) is 0 Å². The molecular weight excluding hydrogens is 638 g/mol. The minimum Gasteiger partial charge on any atom is -0.445 e. The number of benzene rings is 2. The second-order valence-corrected chi connectivity index (χ2v) is 13.9. The van der Waals surface area contributed by atoms with Crippen molar-refractivity contribution in [3.05, 3.63) is 65.2 Å². The maximum absolute atomic E-state index is 13.2. The monoisotopic (exact) mass is 687 g/mol. The highest BCUT2D eigenvalue weighted by Crippen LogP contribution is 2.31. The van der Waals surface area contributed by atoms with Crippen LogP contribution >= 0.6 is 0 Å². The van der Waals surface area contributed by atoms with Gasteiger partial charge in [0.2, 0.25) is 11.8 Å². The number of anilines is 1. The Balaban J connectivity index is 0.859. The molecule has 268 valence electrons. The van der Waals surface area contributed by atoms with E-state index >= 15 is 0 Å². The summed E-state index contributed by atoms with van der Waals surface area (Å²) in [6.45, 7) is 12.3. The van der Waals surface area contributed by atoms with Crippen LogP contribution in [0.1, 0.15) is 58.9 Å². The number of piperazine rings is 2. The van der Waals surface area contributed by atoms with E-state index in [0.717, 1.165) is 87.9 Å². The number of rotatable bonds is 12. The summed E-state index contributed by atoms with van der Waals surface area (Å²) >= 11 is 0. The number of hydrogen-bond acceptors (Lipinski definition) is 10. The largest absolute Gasteiger partial charge is 0.445 e. The fourth-order valence-corrected chi connectivity index (χ4v) is 7.41. The van der Waals surface area contributed by atoms with Gasteiger partial charge in [0.05, 0.1) is 11.1 Å². The summed E-state index contributed by atoms with van der Waals surface area (Å²) in [7, 11) is 2.18. The summed E-state index contributed by atoms with van der Waals surface area (Å²) in [4.78, 5) is 75.2. The Morgan fingerprint density at radius 1 is 0.880 bits per heavy atom. The molecule has 1 unspecified atom stereocenters. The van der Waals surface area contributed by atoms with Crippen LogP contribution in [0.5, 0.6) is 0 Å². The second kappa shape index (κ2) is 16.1. The van der Waals surface area contributed by atoms with Crippen LogP contribution in [0.4, 0.5) is 10.5 Å². The van der Waals surface area contributed by atoms with Gasteiger partial charge in [-0.15, -0.1) is 0 Å². The van der Waals surface area contributed by atoms with E-state index in [1.54, 1.807) is 12.1 Å². The lowest BCUT2D eigenvalue weighted by Gasteiger charge is -2.39. The van der Waals surface area contributed by atoms with Crippen LogP contribution < -0.4 is 10.2 Å². The second-order valence-electron chi connectivity index (χ2n) is 13.9. The number of carbonyl (C=O) groups excluding carboxylic acids is 5. The molecule has 0 bridgehead atoms. The summed E-state index contributed by atoms with van der Waals surface area (Å²) < 4.78 is 5.53. The molecule has 4 aliphatic rings. The van der Waals surface area contributed by atoms with Gasteiger partial charge in [-0.2, -0.15) is 0 Å². The van der Waals surface area contributed by atoms with Crippen LogP contribution in [-0.2, 0) is 20.9 Å². The van der Waals surface area contributed by atoms with Crippen molar-refractivity contribution in [1.29, 1.82) is 0 Å². The van der Waals surface area contributed by atoms with Crippen molar-refractivity contribution in [2.45, 2.75) is 51.3 Å². The molecule has 13 nitrogen and oxygen atoms in total. The number of imide groups is 2. The molecular formula is C37H49N7O6. The molecule has 2 atom stereocenters. The molecule has 0 spiro atoms. The number of carbonyl (C=O) groups is 5. The topological polar surface area (TPSA) is 126 Å². The van der Waals surface area contributed by atoms with Crippen LogP contribution in [0.25, 0.3) is 0 Å². The third-order valence-electron chi connectivity index (χ3n) is 10.4. The average Bonchev–Trinajstić information content (AvgIpc) is 3.36. The fraction of sp³-hybridized carbons (Fsp3) is 0.541. The van der Waals surface area contributed by atoms with E-state index in [1.165, 1.54) is 0 Å². The smallest absolute Gasteiger partial charge is 0.410 e. The Hall–Kier alpha value is -4.33. The third-order valence-corrected chi connectivity index (χ3v) is 10.4. The minimum absolute atomic E-state index is 0.102. The molecule has 4 heterocycles. The number of ether oxygens (including phenoxy) is 1. The van der Waals surface area contributed by atoms with E-state index in [0.29, 0.717) is 36.9 Å². The first-order valence-electron chi connectivity index (χ1n) is 17.9. The summed E-state index contributed by atoms with van der Waals surface area (Å²) in [5.41, 5.74) is 2.51. The van der Waals surface area contributed by atoms with Gasteiger partial charge in [0.25, 0.3) is 11.8 Å². The highest BCUT2D eigenvalue weighted by atomic mass is 16.6. The lowest BCUT2D eigenvalue weighted by Crippen LogP contribution is -2.54. The Morgan fingerprint density at radius 3 is 2.32 bits per heavy atom. The summed E-state index contributed by atoms with van der Waals surface area (Å²) in [6.07, 6.45) is 2.18. The molecule has 2 aromatic rings. The van der Waals surface area contributed by atoms with Crippen LogP contribution in [0.15, 0.2) is 48.5 Å². The van der Waals surface area contributed by atoms with Gasteiger partial charge < -0.3 is 19.4 Å². The van der Waals surface area contributed by atoms with Crippen molar-refractivity contribution >= 4 is 35.4 Å². The molecule has 3 saturated heterocycles. The van der Waals surface area contributed by atoms with Gasteiger partial charge in [-0.25, -0.2) is 4.79 Å². The molecule has 5 amide bonds. The Labute approximate surface area is 294 Å². The van der Waals surface area contributed by atoms with Gasteiger partial charge >= 0.3 is 6.09 Å². The van der Waals surface area contributed by atoms with Crippen LogP contribution in [-0.4, -0.2) is 145 Å². The number of piperidine rings is 1. The third kappa shape index (κ3) is 8.34. The molecule has 1 N–H and O–H groups in total. The predicted octanol–water partition coefficient (Wildman–Crippen LogP) is 2.26. The first kappa shape index (κ1) is 35.5. The Morgan fingerprint density at radius 2 is 1.60 bits per heavy atom. The predicted molar refractivity (Wildman–Crippen MR) is 188 cm³/mol. The minimum atomic E-state index is -0.958. The maximum Gasteiger partial charge on any atom is 0.410 e. The van der Waals surface area contributed by atoms with Crippen molar-refractivity contribution < 1.29 is 28.7 Å². The lowest BCUT2D eigenvalue weighted by molar-refractivity contribution is -0.136. The zero-order chi connectivity index (χ0) is 35.2. The normalized spacial score (nSPS) is 21.9. The maximum atomic E-state index is 13.2. The number of nitrogens with one attached hydrogen (secondary N) is 1. The van der Waals surface area contributed by atoms with E-state index in [2.05, 4.69) is 38.9 Å². The van der Waals surface area contributed by atoms with E-state index in [1.807, 2.05) is 41.3 Å². The van der Waals surface area contributed by atoms with Gasteiger partial charge in [-0.3, -0.25) is 39.2 Å². The number of amides is 5. The summed E-state index contributed by atoms with van der Waals surface area (Å²) in [5.74, 6) is -1.94. The molecule has 13 heteroatoms. The Kier molecular flexibility index (Phi) is 11.5. The van der Waals surface area contributed by atoms with Crippen LogP contribution in [0.3, 0.4) is 0 Å². The van der Waals surface area contributed by atoms with Gasteiger partial charge in [-0.05, 0) is 83.2 Å². The fourth-order valence-electron chi connectivity index (χ4n) is 7.41. The van der Waals surface area contributed by atoms with Gasteiger partial charge in [0.1, 0.15) is 12.6 Å². The highest BCUT2D eigenvalue weighted by molar-refractivity contribution is 6.23. The number of nitrogens with zero attached hydrogens (tertiary/aromatic N) is 6. The van der Waals surface area contributed by atoms with E-state index < -0.39 is 23.8 Å². The first-order valence-corrected chi connectivity index (χ1v) is 17.9. The zero-order valence-electron chi connectivity index (χ0n) is 29.2. The molecule has 3 fully saturated rings. The van der Waals surface area contributed by atoms with Gasteiger partial charge in [0, 0.05) is 64.0 Å². The molecule has 2 aromatic carbocycles. The lowest BCUT2D eigenvalue weighted by atomic mass is 10.0. The van der Waals surface area contributed by atoms with Gasteiger partial charge in [0.15, 0.2) is 0 Å². The van der Waals surface area contributed by atoms with Gasteiger partial charge in [-0.1, -0.05) is 30.3 Å². The molecule has 0 radical (unpaired) electrons. The summed E-state index contributed by atoms with van der Waals surface area (Å²) in [5, 5.41) is 2.24. The number of fused-ring (bicyclic) bond motifs is 1. The zero-order valence-corrected chi connectivity index (χ0v) is 29.2. The van der Waals surface area contributed by atoms with Crippen molar-refractivity contribution in [1.82, 2.24) is 29.8 Å². The molecule has 50 heavy (non-hydrogen) atoms. The van der Waals surface area contributed by atoms with E-state index in [9.17, 15) is 24.0 Å². The van der Waals surface area contributed by atoms with Crippen molar-refractivity contribution in [2.24, 2.45) is 0 Å². The molecule has 0 aromatic heterocycles. The first-order chi connectivity index (χ1) is 24.2. The molecule has 0 saturated carbocycles. The highest BCUT2D eigenvalue weighted by Gasteiger charge is 2.44. The average molecular weight is 688 g/mol. The standard InChI is InChI=1S/C37H49N7O6/c1-27-25-43(37(49)50-26-28-8-4-3-5-9-28)23-22-41(27)17-7-15-39(2)14-6-16-40-18-20-42(21-19-40)29-10-11-30-31(24-29)36(48)44(35(30)47)32-12-13-33(45)38-34(32)46/h3-5,8-11,24,27,32H,6-7,12-23,25-26H2,1-2H3,(H,38,45,46)/t27-,32?/m0/s1. The number of hydrogen-bond donors (Lipinski definition) is 1. The van der Waals surface area contributed by atoms with E-state index in [-0.39, 0.29) is 24.8 Å². The van der Waals surface area contributed by atoms with E-state index in [4.69, 9.17) is 4.74 Å². The summed E-state index contributed by atoms with van der Waals surface area (Å²) in [6, 6.07) is 14.4. The van der Waals surface area contributed by atoms with Crippen molar-refractivity contribution in [2.75, 3.05) is 83.9 Å². The molecule has 6 rings (SSSR count). The Bertz CT molecular complexity index is 1560. The SMILES string of the molecule is C[C@H]1CN(C(=O)OCc2ccccc2)CCN1CCCN(C)CCCN1CCN(c2ccc3c(c2)C(=O)N(C2CCC(=O)NC2=O)C3=O)CC1. The van der Waals surface area contributed by atoms with Crippen LogP contribution in [0, 0.1) is 0 Å². The van der Waals surface area contributed by atoms with Crippen molar-refractivity contribution in [3.8, 4) is 0 Å². The molecule has 4 aliphatic heterocycles. The quantitative estimate of drug-likeness (QED) is 0.332. The molecule has 0 aliphatic carbocycles. The van der Waals surface area contributed by atoms with Crippen LogP contribution in [0.2, 0.25) is 0 Å².